The number of methoxy groups -OCH3 is 1. The molecule has 0 radical (unpaired) electrons. The molecular weight excluding hydrogens is 244 g/mol. The number of nitrogens with zero attached hydrogens (tertiary/aromatic N) is 1. The lowest BCUT2D eigenvalue weighted by atomic mass is 10.1. The fraction of sp³-hybridized carbons (Fsp3) is 0.357. The van der Waals surface area contributed by atoms with Crippen molar-refractivity contribution in [3.05, 3.63) is 45.4 Å². The third kappa shape index (κ3) is 3.09. The van der Waals surface area contributed by atoms with Crippen LogP contribution in [0.5, 0.6) is 5.75 Å². The van der Waals surface area contributed by atoms with Crippen LogP contribution in [0.2, 0.25) is 0 Å². The molecule has 0 aliphatic rings. The van der Waals surface area contributed by atoms with E-state index in [1.54, 1.807) is 18.4 Å². The van der Waals surface area contributed by atoms with Crippen molar-refractivity contribution >= 4 is 11.3 Å². The molecule has 0 amide bonds. The van der Waals surface area contributed by atoms with E-state index in [9.17, 15) is 0 Å². The molecule has 0 aliphatic carbocycles. The number of thiazole rings is 1. The molecule has 4 heteroatoms. The molecule has 3 nitrogen and oxygen atoms in total. The van der Waals surface area contributed by atoms with Gasteiger partial charge in [-0.05, 0) is 19.9 Å². The van der Waals surface area contributed by atoms with Gasteiger partial charge in [0.2, 0.25) is 0 Å². The highest BCUT2D eigenvalue weighted by atomic mass is 32.1. The molecule has 0 bridgehead atoms. The zero-order chi connectivity index (χ0) is 13.0. The van der Waals surface area contributed by atoms with Crippen molar-refractivity contribution in [2.24, 2.45) is 0 Å². The monoisotopic (exact) mass is 262 g/mol. The van der Waals surface area contributed by atoms with E-state index in [0.717, 1.165) is 24.5 Å². The fourth-order valence-corrected chi connectivity index (χ4v) is 2.60. The lowest BCUT2D eigenvalue weighted by molar-refractivity contribution is 0.407. The molecule has 1 aromatic heterocycles. The summed E-state index contributed by atoms with van der Waals surface area (Å²) in [4.78, 5) is 5.54. The van der Waals surface area contributed by atoms with Gasteiger partial charge in [-0.1, -0.05) is 17.7 Å². The number of aryl methyl sites for hydroxylation is 2. The SMILES string of the molecule is COc1ccc(C)cc1CNCc1scnc1C. The van der Waals surface area contributed by atoms with E-state index in [0.29, 0.717) is 0 Å². The zero-order valence-electron chi connectivity index (χ0n) is 11.0. The van der Waals surface area contributed by atoms with Crippen LogP contribution in [-0.4, -0.2) is 12.1 Å². The van der Waals surface area contributed by atoms with Crippen molar-refractivity contribution in [3.63, 3.8) is 0 Å². The summed E-state index contributed by atoms with van der Waals surface area (Å²) in [6.07, 6.45) is 0. The second-order valence-corrected chi connectivity index (χ2v) is 5.22. The zero-order valence-corrected chi connectivity index (χ0v) is 11.8. The van der Waals surface area contributed by atoms with Gasteiger partial charge in [0, 0.05) is 23.5 Å². The first-order chi connectivity index (χ1) is 8.70. The molecule has 0 saturated carbocycles. The number of aromatic nitrogens is 1. The average molecular weight is 262 g/mol. The first-order valence-electron chi connectivity index (χ1n) is 5.94. The Morgan fingerprint density at radius 1 is 1.28 bits per heavy atom. The largest absolute Gasteiger partial charge is 0.496 e. The summed E-state index contributed by atoms with van der Waals surface area (Å²) in [6, 6.07) is 6.24. The summed E-state index contributed by atoms with van der Waals surface area (Å²) in [7, 11) is 1.71. The molecule has 0 atom stereocenters. The number of hydrogen-bond donors (Lipinski definition) is 1. The van der Waals surface area contributed by atoms with E-state index in [2.05, 4.69) is 29.4 Å². The molecule has 2 rings (SSSR count). The Morgan fingerprint density at radius 3 is 2.78 bits per heavy atom. The second kappa shape index (κ2) is 5.98. The first-order valence-corrected chi connectivity index (χ1v) is 6.82. The van der Waals surface area contributed by atoms with Gasteiger partial charge in [-0.2, -0.15) is 0 Å². The first kappa shape index (κ1) is 13.1. The van der Waals surface area contributed by atoms with Gasteiger partial charge in [0.15, 0.2) is 0 Å². The van der Waals surface area contributed by atoms with Crippen molar-refractivity contribution in [1.29, 1.82) is 0 Å². The van der Waals surface area contributed by atoms with Crippen LogP contribution in [0, 0.1) is 13.8 Å². The molecule has 0 fully saturated rings. The quantitative estimate of drug-likeness (QED) is 0.899. The summed E-state index contributed by atoms with van der Waals surface area (Å²) >= 11 is 1.69. The number of benzene rings is 1. The molecule has 0 spiro atoms. The van der Waals surface area contributed by atoms with Gasteiger partial charge in [-0.25, -0.2) is 4.98 Å². The summed E-state index contributed by atoms with van der Waals surface area (Å²) in [5, 5.41) is 3.44. The number of rotatable bonds is 5. The van der Waals surface area contributed by atoms with Gasteiger partial charge < -0.3 is 10.1 Å². The second-order valence-electron chi connectivity index (χ2n) is 4.28. The number of nitrogens with one attached hydrogen (secondary N) is 1. The van der Waals surface area contributed by atoms with Crippen LogP contribution in [0.25, 0.3) is 0 Å². The molecule has 1 aromatic carbocycles. The Balaban J connectivity index is 1.98. The van der Waals surface area contributed by atoms with Crippen molar-refractivity contribution in [1.82, 2.24) is 10.3 Å². The van der Waals surface area contributed by atoms with Crippen molar-refractivity contribution < 1.29 is 4.74 Å². The van der Waals surface area contributed by atoms with Gasteiger partial charge in [0.25, 0.3) is 0 Å². The molecule has 0 aliphatic heterocycles. The Hall–Kier alpha value is -1.39. The van der Waals surface area contributed by atoms with Crippen LogP contribution in [0.3, 0.4) is 0 Å². The van der Waals surface area contributed by atoms with E-state index in [1.165, 1.54) is 16.0 Å². The summed E-state index contributed by atoms with van der Waals surface area (Å²) in [6.45, 7) is 5.80. The Labute approximate surface area is 112 Å². The third-order valence-corrected chi connectivity index (χ3v) is 3.82. The van der Waals surface area contributed by atoms with Crippen LogP contribution in [0.15, 0.2) is 23.7 Å². The van der Waals surface area contributed by atoms with Crippen molar-refractivity contribution in [2.45, 2.75) is 26.9 Å². The van der Waals surface area contributed by atoms with Gasteiger partial charge in [-0.15, -0.1) is 11.3 Å². The average Bonchev–Trinajstić information content (AvgIpc) is 2.76. The minimum absolute atomic E-state index is 0.808. The molecular formula is C14H18N2OS. The maximum atomic E-state index is 5.36. The van der Waals surface area contributed by atoms with Gasteiger partial charge in [0.1, 0.15) is 5.75 Å². The van der Waals surface area contributed by atoms with Gasteiger partial charge in [0.05, 0.1) is 18.3 Å². The predicted octanol–water partition coefficient (Wildman–Crippen LogP) is 3.06. The maximum Gasteiger partial charge on any atom is 0.123 e. The predicted molar refractivity (Wildman–Crippen MR) is 75.1 cm³/mol. The van der Waals surface area contributed by atoms with Crippen LogP contribution in [-0.2, 0) is 13.1 Å². The van der Waals surface area contributed by atoms with E-state index in [1.807, 2.05) is 18.5 Å². The van der Waals surface area contributed by atoms with Crippen LogP contribution < -0.4 is 10.1 Å². The van der Waals surface area contributed by atoms with Crippen LogP contribution in [0.1, 0.15) is 21.7 Å². The molecule has 0 saturated heterocycles. The Kier molecular flexibility index (Phi) is 4.33. The maximum absolute atomic E-state index is 5.36. The van der Waals surface area contributed by atoms with E-state index in [-0.39, 0.29) is 0 Å². The van der Waals surface area contributed by atoms with Crippen LogP contribution in [0.4, 0.5) is 0 Å². The Bertz CT molecular complexity index is 522. The lowest BCUT2D eigenvalue weighted by Gasteiger charge is -2.10. The molecule has 1 N–H and O–H groups in total. The number of hydrogen-bond acceptors (Lipinski definition) is 4. The minimum atomic E-state index is 0.808. The van der Waals surface area contributed by atoms with E-state index < -0.39 is 0 Å². The summed E-state index contributed by atoms with van der Waals surface area (Å²) < 4.78 is 5.36. The molecule has 96 valence electrons. The molecule has 2 aromatic rings. The molecule has 0 unspecified atom stereocenters. The van der Waals surface area contributed by atoms with E-state index in [4.69, 9.17) is 4.74 Å². The lowest BCUT2D eigenvalue weighted by Crippen LogP contribution is -2.13. The number of ether oxygens (including phenoxy) is 1. The molecule has 18 heavy (non-hydrogen) atoms. The van der Waals surface area contributed by atoms with Crippen LogP contribution >= 0.6 is 11.3 Å². The summed E-state index contributed by atoms with van der Waals surface area (Å²) in [5.74, 6) is 0.939. The smallest absolute Gasteiger partial charge is 0.123 e. The molecule has 1 heterocycles. The summed E-state index contributed by atoms with van der Waals surface area (Å²) in [5.41, 5.74) is 5.45. The van der Waals surface area contributed by atoms with Crippen molar-refractivity contribution in [2.75, 3.05) is 7.11 Å². The fourth-order valence-electron chi connectivity index (χ4n) is 1.85. The van der Waals surface area contributed by atoms with Crippen molar-refractivity contribution in [3.8, 4) is 5.75 Å². The van der Waals surface area contributed by atoms with Gasteiger partial charge >= 0.3 is 0 Å². The Morgan fingerprint density at radius 2 is 2.11 bits per heavy atom. The topological polar surface area (TPSA) is 34.1 Å². The normalized spacial score (nSPS) is 10.6. The van der Waals surface area contributed by atoms with E-state index >= 15 is 0 Å². The standard InChI is InChI=1S/C14H18N2OS/c1-10-4-5-13(17-3)12(6-10)7-15-8-14-11(2)16-9-18-14/h4-6,9,15H,7-8H2,1-3H3. The minimum Gasteiger partial charge on any atom is -0.496 e. The van der Waals surface area contributed by atoms with Gasteiger partial charge in [-0.3, -0.25) is 0 Å². The highest BCUT2D eigenvalue weighted by Gasteiger charge is 2.04. The third-order valence-electron chi connectivity index (χ3n) is 2.88. The highest BCUT2D eigenvalue weighted by molar-refractivity contribution is 7.09. The highest BCUT2D eigenvalue weighted by Crippen LogP contribution is 2.19.